The highest BCUT2D eigenvalue weighted by atomic mass is 35.5. The highest BCUT2D eigenvalue weighted by molar-refractivity contribution is 6.31. The van der Waals surface area contributed by atoms with Gasteiger partial charge in [-0.25, -0.2) is 4.79 Å². The fourth-order valence-electron chi connectivity index (χ4n) is 1.73. The number of hydrogen-bond donors (Lipinski definition) is 1. The second kappa shape index (κ2) is 6.10. The molecule has 0 unspecified atom stereocenters. The van der Waals surface area contributed by atoms with E-state index >= 15 is 0 Å². The maximum atomic E-state index is 14.0. The summed E-state index contributed by atoms with van der Waals surface area (Å²) in [4.78, 5) is 11.0. The van der Waals surface area contributed by atoms with Gasteiger partial charge in [0.05, 0.1) is 0 Å². The molecule has 2 rings (SSSR count). The zero-order valence-electron chi connectivity index (χ0n) is 10.7. The van der Waals surface area contributed by atoms with Crippen LogP contribution < -0.4 is 4.74 Å². The number of halogens is 3. The molecule has 0 fully saturated rings. The van der Waals surface area contributed by atoms with Crippen LogP contribution in [0.4, 0.5) is 8.78 Å². The molecule has 1 N–H and O–H groups in total. The number of ether oxygens (including phenoxy) is 1. The van der Waals surface area contributed by atoms with Crippen LogP contribution in [0.2, 0.25) is 5.02 Å². The summed E-state index contributed by atoms with van der Waals surface area (Å²) in [6.45, 7) is -0.959. The van der Waals surface area contributed by atoms with E-state index in [0.29, 0.717) is 0 Å². The summed E-state index contributed by atoms with van der Waals surface area (Å²) in [6.07, 6.45) is 0. The molecule has 0 aliphatic heterocycles. The summed E-state index contributed by atoms with van der Waals surface area (Å²) in [6, 6.07) is 11.0. The smallest absolute Gasteiger partial charge is 0.339 e. The highest BCUT2D eigenvalue weighted by Crippen LogP contribution is 2.30. The lowest BCUT2D eigenvalue weighted by atomic mass is 10.1. The van der Waals surface area contributed by atoms with Gasteiger partial charge in [-0.15, -0.1) is 0 Å². The lowest BCUT2D eigenvalue weighted by Crippen LogP contribution is -2.23. The lowest BCUT2D eigenvalue weighted by molar-refractivity contribution is -0.0469. The Bertz CT molecular complexity index is 645. The third kappa shape index (κ3) is 3.70. The summed E-state index contributed by atoms with van der Waals surface area (Å²) in [5.41, 5.74) is -0.456. The minimum atomic E-state index is -3.23. The molecule has 0 aliphatic rings. The highest BCUT2D eigenvalue weighted by Gasteiger charge is 2.33. The molecule has 0 radical (unpaired) electrons. The Balaban J connectivity index is 2.18. The van der Waals surface area contributed by atoms with E-state index in [1.165, 1.54) is 36.4 Å². The predicted octanol–water partition coefficient (Wildman–Crippen LogP) is 4.21. The SMILES string of the molecule is O=C(O)c1cc(Cl)ccc1OCC(F)(F)c1ccccc1. The first-order chi connectivity index (χ1) is 9.90. The van der Waals surface area contributed by atoms with Crippen LogP contribution in [-0.2, 0) is 5.92 Å². The number of carbonyl (C=O) groups is 1. The molecule has 0 bridgehead atoms. The van der Waals surface area contributed by atoms with Gasteiger partial charge in [0, 0.05) is 10.6 Å². The van der Waals surface area contributed by atoms with Crippen LogP contribution in [-0.4, -0.2) is 17.7 Å². The van der Waals surface area contributed by atoms with E-state index in [2.05, 4.69) is 0 Å². The standard InChI is InChI=1S/C15H11ClF2O3/c16-11-6-7-13(12(8-11)14(19)20)21-9-15(17,18)10-4-2-1-3-5-10/h1-8H,9H2,(H,19,20). The Labute approximate surface area is 124 Å². The summed E-state index contributed by atoms with van der Waals surface area (Å²) in [5.74, 6) is -4.67. The maximum absolute atomic E-state index is 14.0. The largest absolute Gasteiger partial charge is 0.486 e. The Morgan fingerprint density at radius 3 is 2.48 bits per heavy atom. The third-order valence-electron chi connectivity index (χ3n) is 2.78. The van der Waals surface area contributed by atoms with Crippen LogP contribution in [0.15, 0.2) is 48.5 Å². The Morgan fingerprint density at radius 2 is 1.86 bits per heavy atom. The Kier molecular flexibility index (Phi) is 4.43. The van der Waals surface area contributed by atoms with Crippen molar-refractivity contribution in [2.24, 2.45) is 0 Å². The van der Waals surface area contributed by atoms with Gasteiger partial charge in [-0.3, -0.25) is 0 Å². The van der Waals surface area contributed by atoms with Crippen molar-refractivity contribution in [2.45, 2.75) is 5.92 Å². The zero-order chi connectivity index (χ0) is 15.5. The average molecular weight is 313 g/mol. The average Bonchev–Trinajstić information content (AvgIpc) is 2.47. The second-order valence-electron chi connectivity index (χ2n) is 4.30. The summed E-state index contributed by atoms with van der Waals surface area (Å²) in [5, 5.41) is 9.20. The van der Waals surface area contributed by atoms with Crippen LogP contribution in [0.25, 0.3) is 0 Å². The molecule has 3 nitrogen and oxygen atoms in total. The van der Waals surface area contributed by atoms with Crippen molar-refractivity contribution in [1.29, 1.82) is 0 Å². The molecule has 2 aromatic rings. The van der Waals surface area contributed by atoms with Crippen molar-refractivity contribution in [3.8, 4) is 5.75 Å². The normalized spacial score (nSPS) is 11.2. The van der Waals surface area contributed by atoms with Crippen LogP contribution in [0.5, 0.6) is 5.75 Å². The van der Waals surface area contributed by atoms with Gasteiger partial charge in [0.1, 0.15) is 11.3 Å². The fourth-order valence-corrected chi connectivity index (χ4v) is 1.90. The summed E-state index contributed by atoms with van der Waals surface area (Å²) >= 11 is 5.68. The van der Waals surface area contributed by atoms with Crippen molar-refractivity contribution >= 4 is 17.6 Å². The minimum absolute atomic E-state index is 0.150. The van der Waals surface area contributed by atoms with E-state index < -0.39 is 18.5 Å². The predicted molar refractivity (Wildman–Crippen MR) is 74.2 cm³/mol. The van der Waals surface area contributed by atoms with Crippen molar-refractivity contribution in [3.63, 3.8) is 0 Å². The van der Waals surface area contributed by atoms with Gasteiger partial charge in [0.2, 0.25) is 0 Å². The number of rotatable bonds is 5. The van der Waals surface area contributed by atoms with E-state index in [1.807, 2.05) is 0 Å². The van der Waals surface area contributed by atoms with E-state index in [0.717, 1.165) is 6.07 Å². The van der Waals surface area contributed by atoms with E-state index in [1.54, 1.807) is 6.07 Å². The molecular formula is C15H11ClF2O3. The van der Waals surface area contributed by atoms with E-state index in [4.69, 9.17) is 21.4 Å². The second-order valence-corrected chi connectivity index (χ2v) is 4.74. The number of aromatic carboxylic acids is 1. The van der Waals surface area contributed by atoms with Crippen molar-refractivity contribution < 1.29 is 23.4 Å². The molecule has 110 valence electrons. The first-order valence-electron chi connectivity index (χ1n) is 5.99. The van der Waals surface area contributed by atoms with Crippen LogP contribution in [0.3, 0.4) is 0 Å². The van der Waals surface area contributed by atoms with Crippen LogP contribution in [0, 0.1) is 0 Å². The van der Waals surface area contributed by atoms with Crippen molar-refractivity contribution in [1.82, 2.24) is 0 Å². The number of carboxylic acids is 1. The number of benzene rings is 2. The van der Waals surface area contributed by atoms with Crippen LogP contribution in [0.1, 0.15) is 15.9 Å². The lowest BCUT2D eigenvalue weighted by Gasteiger charge is -2.18. The fraction of sp³-hybridized carbons (Fsp3) is 0.133. The molecule has 0 amide bonds. The maximum Gasteiger partial charge on any atom is 0.339 e. The Hall–Kier alpha value is -2.14. The van der Waals surface area contributed by atoms with Gasteiger partial charge in [-0.1, -0.05) is 41.9 Å². The molecule has 0 saturated heterocycles. The summed E-state index contributed by atoms with van der Waals surface area (Å²) < 4.78 is 32.9. The van der Waals surface area contributed by atoms with Gasteiger partial charge < -0.3 is 9.84 Å². The van der Waals surface area contributed by atoms with Gasteiger partial charge in [-0.2, -0.15) is 8.78 Å². The molecule has 0 saturated carbocycles. The number of hydrogen-bond acceptors (Lipinski definition) is 2. The third-order valence-corrected chi connectivity index (χ3v) is 3.01. The quantitative estimate of drug-likeness (QED) is 0.899. The molecule has 2 aromatic carbocycles. The van der Waals surface area contributed by atoms with Gasteiger partial charge in [0.25, 0.3) is 0 Å². The molecule has 0 heterocycles. The Morgan fingerprint density at radius 1 is 1.19 bits per heavy atom. The molecule has 0 atom stereocenters. The first-order valence-corrected chi connectivity index (χ1v) is 6.37. The number of alkyl halides is 2. The molecule has 6 heteroatoms. The minimum Gasteiger partial charge on any atom is -0.486 e. The monoisotopic (exact) mass is 312 g/mol. The van der Waals surface area contributed by atoms with Crippen LogP contribution >= 0.6 is 11.6 Å². The topological polar surface area (TPSA) is 46.5 Å². The van der Waals surface area contributed by atoms with E-state index in [9.17, 15) is 13.6 Å². The molecular weight excluding hydrogens is 302 g/mol. The van der Waals surface area contributed by atoms with E-state index in [-0.39, 0.29) is 21.9 Å². The molecule has 0 aromatic heterocycles. The molecule has 0 spiro atoms. The molecule has 0 aliphatic carbocycles. The molecule has 21 heavy (non-hydrogen) atoms. The van der Waals surface area contributed by atoms with Crippen molar-refractivity contribution in [3.05, 3.63) is 64.7 Å². The van der Waals surface area contributed by atoms with Gasteiger partial charge in [0.15, 0.2) is 6.61 Å². The zero-order valence-corrected chi connectivity index (χ0v) is 11.5. The summed E-state index contributed by atoms with van der Waals surface area (Å²) in [7, 11) is 0. The van der Waals surface area contributed by atoms with Gasteiger partial charge >= 0.3 is 11.9 Å². The first kappa shape index (κ1) is 15.3. The van der Waals surface area contributed by atoms with Gasteiger partial charge in [-0.05, 0) is 18.2 Å². The number of carboxylic acid groups (broad SMARTS) is 1. The van der Waals surface area contributed by atoms with Crippen molar-refractivity contribution in [2.75, 3.05) is 6.61 Å².